The summed E-state index contributed by atoms with van der Waals surface area (Å²) in [5.41, 5.74) is 2.64. The van der Waals surface area contributed by atoms with Crippen molar-refractivity contribution in [3.8, 4) is 10.6 Å². The first-order valence-electron chi connectivity index (χ1n) is 7.35. The molecule has 2 aromatic heterocycles. The van der Waals surface area contributed by atoms with Crippen LogP contribution in [0.15, 0.2) is 36.0 Å². The molecule has 1 amide bonds. The van der Waals surface area contributed by atoms with Gasteiger partial charge in [0.15, 0.2) is 5.82 Å². The van der Waals surface area contributed by atoms with Crippen LogP contribution >= 0.6 is 11.3 Å². The Hall–Kier alpha value is -2.54. The third-order valence-corrected chi connectivity index (χ3v) is 4.47. The normalized spacial score (nSPS) is 10.7. The summed E-state index contributed by atoms with van der Waals surface area (Å²) in [6.07, 6.45) is 1.66. The summed E-state index contributed by atoms with van der Waals surface area (Å²) in [6, 6.07) is 7.46. The second-order valence-electron chi connectivity index (χ2n) is 5.09. The molecule has 0 saturated carbocycles. The molecular weight excluding hydrogens is 310 g/mol. The van der Waals surface area contributed by atoms with Crippen LogP contribution in [0, 0.1) is 6.92 Å². The van der Waals surface area contributed by atoms with Gasteiger partial charge in [0, 0.05) is 28.7 Å². The van der Waals surface area contributed by atoms with Gasteiger partial charge >= 0.3 is 0 Å². The number of amides is 1. The average Bonchev–Trinajstić information content (AvgIpc) is 3.21. The number of aromatic nitrogens is 4. The lowest BCUT2D eigenvalue weighted by Gasteiger charge is -2.06. The molecule has 0 atom stereocenters. The van der Waals surface area contributed by atoms with Gasteiger partial charge in [-0.1, -0.05) is 12.1 Å². The molecule has 0 aliphatic carbocycles. The molecule has 1 N–H and O–H groups in total. The smallest absolute Gasteiger partial charge is 0.251 e. The van der Waals surface area contributed by atoms with Crippen LogP contribution in [-0.2, 0) is 13.1 Å². The van der Waals surface area contributed by atoms with Crippen LogP contribution in [0.25, 0.3) is 10.6 Å². The van der Waals surface area contributed by atoms with Crippen molar-refractivity contribution in [3.05, 3.63) is 53.1 Å². The second kappa shape index (κ2) is 6.70. The summed E-state index contributed by atoms with van der Waals surface area (Å²) in [6.45, 7) is 5.12. The quantitative estimate of drug-likeness (QED) is 0.782. The number of nitrogens with zero attached hydrogens (tertiary/aromatic N) is 4. The maximum absolute atomic E-state index is 12.2. The molecule has 6 nitrogen and oxygen atoms in total. The number of aryl methyl sites for hydroxylation is 2. The number of benzene rings is 1. The molecule has 0 unspecified atom stereocenters. The molecule has 0 spiro atoms. The van der Waals surface area contributed by atoms with Crippen LogP contribution in [0.4, 0.5) is 0 Å². The summed E-state index contributed by atoms with van der Waals surface area (Å²) < 4.78 is 1.90. The van der Waals surface area contributed by atoms with E-state index in [4.69, 9.17) is 0 Å². The van der Waals surface area contributed by atoms with Gasteiger partial charge in [-0.05, 0) is 26.0 Å². The van der Waals surface area contributed by atoms with Gasteiger partial charge in [0.2, 0.25) is 0 Å². The predicted molar refractivity (Wildman–Crippen MR) is 89.2 cm³/mol. The first-order chi connectivity index (χ1) is 11.2. The molecule has 0 aliphatic heterocycles. The first kappa shape index (κ1) is 15.4. The standard InChI is InChI=1S/C16H17N5OS/c1-3-21-10-18-20-14(21)8-17-15(22)12-4-6-13(7-5-12)16-19-11(2)9-23-16/h4-7,9-10H,3,8H2,1-2H3,(H,17,22). The van der Waals surface area contributed by atoms with E-state index < -0.39 is 0 Å². The number of hydrogen-bond donors (Lipinski definition) is 1. The minimum Gasteiger partial charge on any atom is -0.345 e. The largest absolute Gasteiger partial charge is 0.345 e. The summed E-state index contributed by atoms with van der Waals surface area (Å²) in [5, 5.41) is 13.7. The van der Waals surface area contributed by atoms with E-state index in [0.717, 1.165) is 28.6 Å². The van der Waals surface area contributed by atoms with Gasteiger partial charge in [-0.3, -0.25) is 4.79 Å². The summed E-state index contributed by atoms with van der Waals surface area (Å²) in [5.74, 6) is 0.619. The summed E-state index contributed by atoms with van der Waals surface area (Å²) in [7, 11) is 0. The number of hydrogen-bond acceptors (Lipinski definition) is 5. The maximum Gasteiger partial charge on any atom is 0.251 e. The van der Waals surface area contributed by atoms with Gasteiger partial charge in [0.05, 0.1) is 6.54 Å². The lowest BCUT2D eigenvalue weighted by atomic mass is 10.1. The molecule has 0 radical (unpaired) electrons. The molecule has 0 fully saturated rings. The lowest BCUT2D eigenvalue weighted by molar-refractivity contribution is 0.0949. The van der Waals surface area contributed by atoms with E-state index in [1.807, 2.05) is 48.1 Å². The molecule has 7 heteroatoms. The molecule has 23 heavy (non-hydrogen) atoms. The minimum atomic E-state index is -0.127. The third-order valence-electron chi connectivity index (χ3n) is 3.46. The Morgan fingerprint density at radius 1 is 1.30 bits per heavy atom. The third kappa shape index (κ3) is 3.45. The van der Waals surface area contributed by atoms with Crippen LogP contribution in [0.2, 0.25) is 0 Å². The molecule has 3 rings (SSSR count). The van der Waals surface area contributed by atoms with E-state index in [2.05, 4.69) is 20.5 Å². The topological polar surface area (TPSA) is 72.7 Å². The highest BCUT2D eigenvalue weighted by Gasteiger charge is 2.09. The minimum absolute atomic E-state index is 0.127. The highest BCUT2D eigenvalue weighted by Crippen LogP contribution is 2.23. The van der Waals surface area contributed by atoms with E-state index in [9.17, 15) is 4.79 Å². The van der Waals surface area contributed by atoms with Gasteiger partial charge < -0.3 is 9.88 Å². The molecule has 3 aromatic rings. The van der Waals surface area contributed by atoms with Crippen LogP contribution in [0.1, 0.15) is 28.8 Å². The van der Waals surface area contributed by atoms with Crippen molar-refractivity contribution in [1.82, 2.24) is 25.1 Å². The molecule has 2 heterocycles. The molecule has 0 bridgehead atoms. The monoisotopic (exact) mass is 327 g/mol. The summed E-state index contributed by atoms with van der Waals surface area (Å²) >= 11 is 1.60. The van der Waals surface area contributed by atoms with Gasteiger partial charge in [-0.25, -0.2) is 4.98 Å². The van der Waals surface area contributed by atoms with E-state index in [0.29, 0.717) is 12.1 Å². The Labute approximate surface area is 138 Å². The second-order valence-corrected chi connectivity index (χ2v) is 5.95. The highest BCUT2D eigenvalue weighted by molar-refractivity contribution is 7.13. The van der Waals surface area contributed by atoms with E-state index in [-0.39, 0.29) is 5.91 Å². The Morgan fingerprint density at radius 3 is 2.74 bits per heavy atom. The number of carbonyl (C=O) groups excluding carboxylic acids is 1. The Kier molecular flexibility index (Phi) is 4.47. The SMILES string of the molecule is CCn1cnnc1CNC(=O)c1ccc(-c2nc(C)cs2)cc1. The zero-order valence-electron chi connectivity index (χ0n) is 13.0. The van der Waals surface area contributed by atoms with E-state index >= 15 is 0 Å². The fourth-order valence-electron chi connectivity index (χ4n) is 2.19. The van der Waals surface area contributed by atoms with Gasteiger partial charge in [0.25, 0.3) is 5.91 Å². The van der Waals surface area contributed by atoms with Crippen molar-refractivity contribution in [2.45, 2.75) is 26.9 Å². The maximum atomic E-state index is 12.2. The van der Waals surface area contributed by atoms with Crippen LogP contribution in [-0.4, -0.2) is 25.7 Å². The predicted octanol–water partition coefficient (Wildman–Crippen LogP) is 2.66. The van der Waals surface area contributed by atoms with Crippen molar-refractivity contribution in [2.75, 3.05) is 0 Å². The van der Waals surface area contributed by atoms with E-state index in [1.54, 1.807) is 17.7 Å². The molecule has 118 valence electrons. The Bertz CT molecular complexity index is 806. The van der Waals surface area contributed by atoms with Crippen molar-refractivity contribution in [1.29, 1.82) is 0 Å². The molecule has 0 saturated heterocycles. The van der Waals surface area contributed by atoms with Crippen LogP contribution in [0.3, 0.4) is 0 Å². The highest BCUT2D eigenvalue weighted by atomic mass is 32.1. The van der Waals surface area contributed by atoms with Crippen LogP contribution in [0.5, 0.6) is 0 Å². The lowest BCUT2D eigenvalue weighted by Crippen LogP contribution is -2.24. The number of thiazole rings is 1. The summed E-state index contributed by atoms with van der Waals surface area (Å²) in [4.78, 5) is 16.7. The zero-order chi connectivity index (χ0) is 16.2. The number of rotatable bonds is 5. The zero-order valence-corrected chi connectivity index (χ0v) is 13.8. The first-order valence-corrected chi connectivity index (χ1v) is 8.22. The molecule has 0 aliphatic rings. The van der Waals surface area contributed by atoms with E-state index in [1.165, 1.54) is 0 Å². The van der Waals surface area contributed by atoms with Crippen molar-refractivity contribution < 1.29 is 4.79 Å². The van der Waals surface area contributed by atoms with Crippen LogP contribution < -0.4 is 5.32 Å². The van der Waals surface area contributed by atoms with Gasteiger partial charge in [0.1, 0.15) is 11.3 Å². The number of nitrogens with one attached hydrogen (secondary N) is 1. The fourth-order valence-corrected chi connectivity index (χ4v) is 3.00. The van der Waals surface area contributed by atoms with Gasteiger partial charge in [-0.2, -0.15) is 0 Å². The Balaban J connectivity index is 1.66. The fraction of sp³-hybridized carbons (Fsp3) is 0.250. The average molecular weight is 327 g/mol. The van der Waals surface area contributed by atoms with Crippen molar-refractivity contribution in [2.24, 2.45) is 0 Å². The molecule has 1 aromatic carbocycles. The molecular formula is C16H17N5OS. The number of carbonyl (C=O) groups is 1. The van der Waals surface area contributed by atoms with Crippen molar-refractivity contribution in [3.63, 3.8) is 0 Å². The van der Waals surface area contributed by atoms with Crippen molar-refractivity contribution >= 4 is 17.2 Å². The van der Waals surface area contributed by atoms with Gasteiger partial charge in [-0.15, -0.1) is 21.5 Å². The Morgan fingerprint density at radius 2 is 2.09 bits per heavy atom.